The van der Waals surface area contributed by atoms with Crippen LogP contribution in [0.4, 0.5) is 17.1 Å². The van der Waals surface area contributed by atoms with E-state index in [9.17, 15) is 0 Å². The molecule has 85 heavy (non-hydrogen) atoms. The maximum absolute atomic E-state index is 6.50. The molecule has 2 saturated carbocycles. The van der Waals surface area contributed by atoms with Gasteiger partial charge < -0.3 is 32.9 Å². The van der Waals surface area contributed by atoms with Gasteiger partial charge in [-0.3, -0.25) is 0 Å². The third kappa shape index (κ3) is 9.85. The van der Waals surface area contributed by atoms with E-state index in [1.54, 1.807) is 5.30 Å². The first-order valence-electron chi connectivity index (χ1n) is 30.3. The fourth-order valence-corrected chi connectivity index (χ4v) is 18.6. The summed E-state index contributed by atoms with van der Waals surface area (Å²) in [6.45, 7) is 2.23. The van der Waals surface area contributed by atoms with Crippen LogP contribution >= 0.6 is 23.9 Å². The lowest BCUT2D eigenvalue weighted by Gasteiger charge is -2.39. The number of halogens is 1. The van der Waals surface area contributed by atoms with Gasteiger partial charge in [-0.25, -0.2) is 0 Å². The van der Waals surface area contributed by atoms with Gasteiger partial charge in [-0.15, -0.1) is 0 Å². The Bertz CT molecular complexity index is 4450. The van der Waals surface area contributed by atoms with Crippen LogP contribution in [0.1, 0.15) is 69.8 Å². The number of benzene rings is 10. The molecule has 418 valence electrons. The quantitative estimate of drug-likeness (QED) is 0.126. The summed E-state index contributed by atoms with van der Waals surface area (Å²) in [4.78, 5) is 2.29. The number of methoxy groups -OCH3 is 1. The lowest BCUT2D eigenvalue weighted by molar-refractivity contribution is 0.416. The van der Waals surface area contributed by atoms with Gasteiger partial charge in [-0.2, -0.15) is 0 Å². The Labute approximate surface area is 507 Å². The Hall–Kier alpha value is -8.16. The summed E-state index contributed by atoms with van der Waals surface area (Å²) in [6, 6.07) is 74.0. The van der Waals surface area contributed by atoms with Gasteiger partial charge in [0, 0.05) is 55.0 Å². The summed E-state index contributed by atoms with van der Waals surface area (Å²) in [5.41, 5.74) is 19.7. The smallest absolute Gasteiger partial charge is 0.524 e. The second kappa shape index (κ2) is 23.0. The molecule has 0 saturated heterocycles. The van der Waals surface area contributed by atoms with Gasteiger partial charge in [0.05, 0.1) is 18.5 Å². The Morgan fingerprint density at radius 3 is 1.72 bits per heavy atom. The number of rotatable bonds is 7. The molecule has 2 aliphatic carbocycles. The molecule has 3 aliphatic heterocycles. The van der Waals surface area contributed by atoms with E-state index in [-0.39, 0.29) is 22.0 Å². The third-order valence-electron chi connectivity index (χ3n) is 18.1. The minimum atomic E-state index is -0.258. The van der Waals surface area contributed by atoms with Crippen LogP contribution in [0.15, 0.2) is 226 Å². The van der Waals surface area contributed by atoms with E-state index in [2.05, 4.69) is 185 Å². The first-order chi connectivity index (χ1) is 42.0. The van der Waals surface area contributed by atoms with Gasteiger partial charge in [-0.05, 0) is 130 Å². The van der Waals surface area contributed by atoms with Gasteiger partial charge in [0.2, 0.25) is 0 Å². The van der Waals surface area contributed by atoms with Gasteiger partial charge in [0.15, 0.2) is 0 Å². The standard InChI is InChI=1S/C26H35OP.C24H15BBrNO2.C24H14BNO2/c1-20-12-11-18-24(27-2)26(20)23-17-9-10-19-25(23)28(21-13-5-3-6-14-21)22-15-7-4-8-16-22;26-20-11-5-2-8-16(20)15-7-1-4-10-19(15)25-27-21-14-23-18(13-24(21)29-25)17-9-3-6-12-22(17)28-23;1-4-10-19-15(7-1)16-8-2-5-11-20(16)26-21-14-23-18(13-24(21)28-25(19)26)17-9-3-6-12-22(17)27-23/h9-12,17-19,21-22H,3-8,13-16H2,1-2H3;1-14,27H;1-14H. The number of ether oxygens (including phenoxy) is 1. The minimum Gasteiger partial charge on any atom is -0.536 e. The van der Waals surface area contributed by atoms with E-state index < -0.39 is 0 Å². The lowest BCUT2D eigenvalue weighted by Crippen LogP contribution is -2.50. The fraction of sp³-hybridized carbons (Fsp3) is 0.189. The Morgan fingerprint density at radius 2 is 1.04 bits per heavy atom. The van der Waals surface area contributed by atoms with Gasteiger partial charge in [-0.1, -0.05) is 220 Å². The molecular weight excluding hydrogens is 1130 g/mol. The first kappa shape index (κ1) is 53.6. The molecule has 0 amide bonds. The van der Waals surface area contributed by atoms with E-state index in [1.807, 2.05) is 67.8 Å². The van der Waals surface area contributed by atoms with Crippen LogP contribution in [0.2, 0.25) is 0 Å². The normalized spacial score (nSPS) is 15.2. The summed E-state index contributed by atoms with van der Waals surface area (Å²) >= 11 is 3.68. The van der Waals surface area contributed by atoms with Crippen LogP contribution in [-0.2, 0) is 0 Å². The highest BCUT2D eigenvalue weighted by Gasteiger charge is 2.45. The SMILES string of the molecule is Brc1ccccc1-c1ccccc1B1Nc2cc3oc4ccccc4c3cc2O1.COc1cccc(C)c1-c1ccccc1P(C1CCCCC1)C1CCCCC1.c1ccc2c(c1)B1Oc3cc4c(cc3N1c1ccccc1-2)oc1ccccc14. The summed E-state index contributed by atoms with van der Waals surface area (Å²) < 4.78 is 31.9. The predicted octanol–water partition coefficient (Wildman–Crippen LogP) is 19.2. The van der Waals surface area contributed by atoms with Crippen LogP contribution in [0, 0.1) is 6.92 Å². The van der Waals surface area contributed by atoms with E-state index >= 15 is 0 Å². The molecule has 17 rings (SSSR count). The molecule has 0 radical (unpaired) electrons. The number of aryl methyl sites for hydroxylation is 1. The van der Waals surface area contributed by atoms with Crippen molar-refractivity contribution < 1.29 is 22.9 Å². The van der Waals surface area contributed by atoms with Crippen molar-refractivity contribution >= 4 is 115 Å². The van der Waals surface area contributed by atoms with Gasteiger partial charge in [0.1, 0.15) is 39.6 Å². The zero-order chi connectivity index (χ0) is 57.0. The molecule has 0 atom stereocenters. The number of nitrogens with zero attached hydrogens (tertiary/aromatic N) is 1. The van der Waals surface area contributed by atoms with Crippen LogP contribution in [0.3, 0.4) is 0 Å². The van der Waals surface area contributed by atoms with Crippen molar-refractivity contribution in [1.29, 1.82) is 0 Å². The number of furan rings is 2. The molecular formula is C74H64B2BrN2O5P. The zero-order valence-electron chi connectivity index (χ0n) is 47.9. The van der Waals surface area contributed by atoms with E-state index in [0.717, 1.165) is 105 Å². The largest absolute Gasteiger partial charge is 0.536 e. The molecule has 0 spiro atoms. The second-order valence-corrected chi connectivity index (χ2v) is 26.8. The molecule has 2 fully saturated rings. The molecule has 11 heteroatoms. The van der Waals surface area contributed by atoms with E-state index in [1.165, 1.54) is 103 Å². The van der Waals surface area contributed by atoms with E-state index in [4.69, 9.17) is 22.9 Å². The van der Waals surface area contributed by atoms with Crippen molar-refractivity contribution in [2.45, 2.75) is 82.4 Å². The Kier molecular flexibility index (Phi) is 14.5. The molecule has 0 unspecified atom stereocenters. The summed E-state index contributed by atoms with van der Waals surface area (Å²) in [5, 5.41) is 9.56. The number of hydrogen-bond acceptors (Lipinski definition) is 7. The maximum atomic E-state index is 6.50. The molecule has 2 aromatic heterocycles. The van der Waals surface area contributed by atoms with Crippen LogP contribution < -0.4 is 40.3 Å². The molecule has 0 bridgehead atoms. The Morgan fingerprint density at radius 1 is 0.482 bits per heavy atom. The monoisotopic (exact) mass is 1190 g/mol. The highest BCUT2D eigenvalue weighted by molar-refractivity contribution is 9.10. The number of para-hydroxylation sites is 3. The predicted molar refractivity (Wildman–Crippen MR) is 360 cm³/mol. The van der Waals surface area contributed by atoms with Crippen LogP contribution in [-0.4, -0.2) is 32.5 Å². The minimum absolute atomic E-state index is 0.122. The summed E-state index contributed by atoms with van der Waals surface area (Å²) in [7, 11) is 1.28. The Balaban J connectivity index is 0.000000108. The third-order valence-corrected chi connectivity index (χ3v) is 22.4. The molecule has 1 N–H and O–H groups in total. The number of fused-ring (bicyclic) bond motifs is 15. The number of hydrogen-bond donors (Lipinski definition) is 1. The zero-order valence-corrected chi connectivity index (χ0v) is 50.4. The molecule has 5 aliphatic rings. The van der Waals surface area contributed by atoms with Crippen LogP contribution in [0.5, 0.6) is 17.2 Å². The second-order valence-electron chi connectivity index (χ2n) is 23.2. The van der Waals surface area contributed by atoms with Crippen molar-refractivity contribution in [2.75, 3.05) is 17.1 Å². The van der Waals surface area contributed by atoms with Crippen molar-refractivity contribution in [3.8, 4) is 50.6 Å². The lowest BCUT2D eigenvalue weighted by atomic mass is 9.65. The van der Waals surface area contributed by atoms with Crippen molar-refractivity contribution in [3.63, 3.8) is 0 Å². The summed E-state index contributed by atoms with van der Waals surface area (Å²) in [5.74, 6) is 2.77. The highest BCUT2D eigenvalue weighted by atomic mass is 79.9. The maximum Gasteiger partial charge on any atom is 0.524 e. The highest BCUT2D eigenvalue weighted by Crippen LogP contribution is 2.57. The van der Waals surface area contributed by atoms with Gasteiger partial charge >= 0.3 is 14.1 Å². The summed E-state index contributed by atoms with van der Waals surface area (Å²) in [6.07, 6.45) is 14.4. The molecule has 12 aromatic rings. The van der Waals surface area contributed by atoms with E-state index in [0.29, 0.717) is 0 Å². The first-order valence-corrected chi connectivity index (χ1v) is 32.6. The van der Waals surface area contributed by atoms with Crippen molar-refractivity contribution in [3.05, 3.63) is 222 Å². The van der Waals surface area contributed by atoms with Crippen LogP contribution in [0.25, 0.3) is 77.3 Å². The average Bonchev–Trinajstić information content (AvgIpc) is 1.86. The molecule has 7 nitrogen and oxygen atoms in total. The molecule has 5 heterocycles. The average molecular weight is 1190 g/mol. The van der Waals surface area contributed by atoms with Crippen molar-refractivity contribution in [2.24, 2.45) is 0 Å². The number of nitrogens with one attached hydrogen (secondary N) is 1. The van der Waals surface area contributed by atoms with Gasteiger partial charge in [0.25, 0.3) is 0 Å². The molecule has 10 aromatic carbocycles. The fourth-order valence-electron chi connectivity index (χ4n) is 14.2. The topological polar surface area (TPSA) is 69.2 Å². The number of anilines is 3. The van der Waals surface area contributed by atoms with Crippen molar-refractivity contribution in [1.82, 2.24) is 0 Å².